The summed E-state index contributed by atoms with van der Waals surface area (Å²) in [7, 11) is 0. The van der Waals surface area contributed by atoms with Gasteiger partial charge in [0.25, 0.3) is 0 Å². The van der Waals surface area contributed by atoms with E-state index in [1.807, 2.05) is 30.3 Å². The number of rotatable bonds is 4. The molecule has 0 aliphatic rings. The van der Waals surface area contributed by atoms with Gasteiger partial charge in [0.15, 0.2) is 0 Å². The van der Waals surface area contributed by atoms with Gasteiger partial charge in [-0.3, -0.25) is 4.98 Å². The van der Waals surface area contributed by atoms with Crippen molar-refractivity contribution < 1.29 is 9.84 Å². The van der Waals surface area contributed by atoms with Crippen LogP contribution < -0.4 is 4.74 Å². The molecule has 2 aromatic rings. The van der Waals surface area contributed by atoms with E-state index >= 15 is 0 Å². The number of pyridine rings is 1. The molecule has 2 rings (SSSR count). The molecule has 3 nitrogen and oxygen atoms in total. The molecule has 88 valence electrons. The number of nitrogens with zero attached hydrogens (tertiary/aromatic N) is 1. The first-order valence-corrected chi connectivity index (χ1v) is 6.00. The molecule has 1 aromatic heterocycles. The van der Waals surface area contributed by atoms with Crippen LogP contribution in [-0.2, 0) is 13.2 Å². The first-order valence-electron chi connectivity index (χ1n) is 5.20. The Labute approximate surface area is 108 Å². The van der Waals surface area contributed by atoms with Crippen molar-refractivity contribution in [3.63, 3.8) is 0 Å². The summed E-state index contributed by atoms with van der Waals surface area (Å²) in [5, 5.41) is 8.99. The Balaban J connectivity index is 2.04. The maximum Gasteiger partial charge on any atom is 0.134 e. The Kier molecular flexibility index (Phi) is 4.12. The number of ether oxygens (including phenoxy) is 1. The zero-order chi connectivity index (χ0) is 12.1. The van der Waals surface area contributed by atoms with E-state index in [1.54, 1.807) is 12.4 Å². The number of aromatic nitrogens is 1. The average Bonchev–Trinajstić information content (AvgIpc) is 2.38. The van der Waals surface area contributed by atoms with Gasteiger partial charge in [0.2, 0.25) is 0 Å². The standard InChI is InChI=1S/C13H12BrNO2/c14-12-7-11(8-16)1-2-13(12)17-9-10-3-5-15-6-4-10/h1-7,16H,8-9H2. The van der Waals surface area contributed by atoms with Gasteiger partial charge in [0.1, 0.15) is 12.4 Å². The number of aliphatic hydroxyl groups is 1. The van der Waals surface area contributed by atoms with Gasteiger partial charge in [-0.25, -0.2) is 0 Å². The lowest BCUT2D eigenvalue weighted by molar-refractivity contribution is 0.280. The van der Waals surface area contributed by atoms with E-state index in [0.717, 1.165) is 21.3 Å². The van der Waals surface area contributed by atoms with Gasteiger partial charge < -0.3 is 9.84 Å². The van der Waals surface area contributed by atoms with E-state index < -0.39 is 0 Å². The van der Waals surface area contributed by atoms with Crippen LogP contribution in [0.4, 0.5) is 0 Å². The minimum Gasteiger partial charge on any atom is -0.488 e. The van der Waals surface area contributed by atoms with Gasteiger partial charge in [0.05, 0.1) is 11.1 Å². The van der Waals surface area contributed by atoms with Crippen molar-refractivity contribution in [3.05, 3.63) is 58.3 Å². The van der Waals surface area contributed by atoms with E-state index in [-0.39, 0.29) is 6.61 Å². The average molecular weight is 294 g/mol. The van der Waals surface area contributed by atoms with Gasteiger partial charge in [-0.1, -0.05) is 6.07 Å². The fourth-order valence-electron chi connectivity index (χ4n) is 1.40. The Hall–Kier alpha value is -1.39. The normalized spacial score (nSPS) is 10.2. The van der Waals surface area contributed by atoms with E-state index in [1.165, 1.54) is 0 Å². The molecule has 0 bridgehead atoms. The minimum atomic E-state index is 0.0310. The zero-order valence-electron chi connectivity index (χ0n) is 9.14. The fraction of sp³-hybridized carbons (Fsp3) is 0.154. The van der Waals surface area contributed by atoms with Crippen molar-refractivity contribution in [1.82, 2.24) is 4.98 Å². The summed E-state index contributed by atoms with van der Waals surface area (Å²) in [6.45, 7) is 0.531. The zero-order valence-corrected chi connectivity index (χ0v) is 10.7. The molecular formula is C13H12BrNO2. The third-order valence-corrected chi connectivity index (χ3v) is 2.94. The predicted molar refractivity (Wildman–Crippen MR) is 68.6 cm³/mol. The molecule has 1 N–H and O–H groups in total. The largest absolute Gasteiger partial charge is 0.488 e. The SMILES string of the molecule is OCc1ccc(OCc2ccncc2)c(Br)c1. The smallest absolute Gasteiger partial charge is 0.134 e. The number of aliphatic hydroxyl groups excluding tert-OH is 1. The minimum absolute atomic E-state index is 0.0310. The molecule has 0 fully saturated rings. The molecule has 0 radical (unpaired) electrons. The van der Waals surface area contributed by atoms with E-state index in [0.29, 0.717) is 6.61 Å². The molecule has 0 aliphatic heterocycles. The van der Waals surface area contributed by atoms with Crippen molar-refractivity contribution in [2.75, 3.05) is 0 Å². The van der Waals surface area contributed by atoms with Crippen LogP contribution in [0.5, 0.6) is 5.75 Å². The van der Waals surface area contributed by atoms with Crippen molar-refractivity contribution >= 4 is 15.9 Å². The summed E-state index contributed by atoms with van der Waals surface area (Å²) in [5.41, 5.74) is 1.92. The van der Waals surface area contributed by atoms with Gasteiger partial charge >= 0.3 is 0 Å². The molecule has 0 aliphatic carbocycles. The first kappa shape index (κ1) is 12.1. The van der Waals surface area contributed by atoms with Crippen LogP contribution in [0.15, 0.2) is 47.2 Å². The number of hydrogen-bond donors (Lipinski definition) is 1. The lowest BCUT2D eigenvalue weighted by Gasteiger charge is -2.09. The lowest BCUT2D eigenvalue weighted by atomic mass is 10.2. The molecule has 1 heterocycles. The third-order valence-electron chi connectivity index (χ3n) is 2.32. The molecular weight excluding hydrogens is 282 g/mol. The van der Waals surface area contributed by atoms with E-state index in [9.17, 15) is 0 Å². The third kappa shape index (κ3) is 3.28. The Morgan fingerprint density at radius 3 is 2.53 bits per heavy atom. The monoisotopic (exact) mass is 293 g/mol. The number of halogens is 1. The van der Waals surface area contributed by atoms with Gasteiger partial charge in [-0.05, 0) is 51.3 Å². The van der Waals surface area contributed by atoms with Gasteiger partial charge in [-0.2, -0.15) is 0 Å². The van der Waals surface area contributed by atoms with Crippen LogP contribution in [-0.4, -0.2) is 10.1 Å². The Morgan fingerprint density at radius 1 is 1.12 bits per heavy atom. The Bertz CT molecular complexity index is 488. The quantitative estimate of drug-likeness (QED) is 0.942. The highest BCUT2D eigenvalue weighted by Crippen LogP contribution is 2.26. The summed E-state index contributed by atoms with van der Waals surface area (Å²) < 4.78 is 6.51. The first-order chi connectivity index (χ1) is 8.29. The second-order valence-electron chi connectivity index (χ2n) is 3.57. The molecule has 0 unspecified atom stereocenters. The van der Waals surface area contributed by atoms with Crippen LogP contribution >= 0.6 is 15.9 Å². The van der Waals surface area contributed by atoms with Crippen LogP contribution in [0.25, 0.3) is 0 Å². The molecule has 0 saturated heterocycles. The highest BCUT2D eigenvalue weighted by atomic mass is 79.9. The summed E-state index contributed by atoms with van der Waals surface area (Å²) in [6.07, 6.45) is 3.48. The second kappa shape index (κ2) is 5.80. The van der Waals surface area contributed by atoms with Crippen molar-refractivity contribution in [3.8, 4) is 5.75 Å². The second-order valence-corrected chi connectivity index (χ2v) is 4.42. The van der Waals surface area contributed by atoms with Crippen LogP contribution in [0.2, 0.25) is 0 Å². The Morgan fingerprint density at radius 2 is 1.88 bits per heavy atom. The molecule has 0 saturated carbocycles. The lowest BCUT2D eigenvalue weighted by Crippen LogP contribution is -1.96. The highest BCUT2D eigenvalue weighted by molar-refractivity contribution is 9.10. The van der Waals surface area contributed by atoms with Crippen LogP contribution in [0.3, 0.4) is 0 Å². The highest BCUT2D eigenvalue weighted by Gasteiger charge is 2.02. The molecule has 0 spiro atoms. The van der Waals surface area contributed by atoms with Crippen molar-refractivity contribution in [2.45, 2.75) is 13.2 Å². The maximum absolute atomic E-state index is 8.99. The summed E-state index contributed by atoms with van der Waals surface area (Å²) in [6, 6.07) is 9.36. The van der Waals surface area contributed by atoms with Gasteiger partial charge in [0, 0.05) is 12.4 Å². The molecule has 1 aromatic carbocycles. The van der Waals surface area contributed by atoms with E-state index in [4.69, 9.17) is 9.84 Å². The van der Waals surface area contributed by atoms with Crippen LogP contribution in [0.1, 0.15) is 11.1 Å². The number of benzene rings is 1. The predicted octanol–water partition coefficient (Wildman–Crippen LogP) is 2.92. The molecule has 17 heavy (non-hydrogen) atoms. The molecule has 4 heteroatoms. The van der Waals surface area contributed by atoms with E-state index in [2.05, 4.69) is 20.9 Å². The summed E-state index contributed by atoms with van der Waals surface area (Å²) >= 11 is 3.41. The van der Waals surface area contributed by atoms with Crippen molar-refractivity contribution in [2.24, 2.45) is 0 Å². The fourth-order valence-corrected chi connectivity index (χ4v) is 1.94. The summed E-state index contributed by atoms with van der Waals surface area (Å²) in [4.78, 5) is 3.95. The topological polar surface area (TPSA) is 42.4 Å². The molecule has 0 amide bonds. The number of hydrogen-bond acceptors (Lipinski definition) is 3. The van der Waals surface area contributed by atoms with Crippen LogP contribution in [0, 0.1) is 0 Å². The van der Waals surface area contributed by atoms with Gasteiger partial charge in [-0.15, -0.1) is 0 Å². The maximum atomic E-state index is 8.99. The summed E-state index contributed by atoms with van der Waals surface area (Å²) in [5.74, 6) is 0.763. The van der Waals surface area contributed by atoms with Crippen molar-refractivity contribution in [1.29, 1.82) is 0 Å². The molecule has 0 atom stereocenters.